The van der Waals surface area contributed by atoms with Crippen LogP contribution in [0.25, 0.3) is 16.7 Å². The minimum Gasteiger partial charge on any atom is -0.352 e. The lowest BCUT2D eigenvalue weighted by molar-refractivity contribution is -0.121. The van der Waals surface area contributed by atoms with Crippen LogP contribution in [0.1, 0.15) is 32.0 Å². The van der Waals surface area contributed by atoms with E-state index in [2.05, 4.69) is 20.4 Å². The number of rotatable bonds is 4. The maximum absolute atomic E-state index is 12.5. The number of carbonyl (C=O) groups excluding carboxylic acids is 1. The van der Waals surface area contributed by atoms with Gasteiger partial charge in [0.2, 0.25) is 11.7 Å². The Morgan fingerprint density at radius 3 is 2.93 bits per heavy atom. The van der Waals surface area contributed by atoms with Crippen LogP contribution in [0.3, 0.4) is 0 Å². The average Bonchev–Trinajstić information content (AvgIpc) is 3.10. The van der Waals surface area contributed by atoms with Gasteiger partial charge in [0.05, 0.1) is 17.4 Å². The molecule has 142 valence electrons. The predicted molar refractivity (Wildman–Crippen MR) is 102 cm³/mol. The van der Waals surface area contributed by atoms with Gasteiger partial charge in [-0.1, -0.05) is 19.1 Å². The normalized spacial score (nSPS) is 18.2. The number of fused-ring (bicyclic) bond motifs is 3. The molecule has 1 atom stereocenters. The highest BCUT2D eigenvalue weighted by molar-refractivity contribution is 5.80. The molecule has 1 aliphatic rings. The summed E-state index contributed by atoms with van der Waals surface area (Å²) < 4.78 is 3.50. The van der Waals surface area contributed by atoms with Gasteiger partial charge < -0.3 is 5.32 Å². The largest absolute Gasteiger partial charge is 0.352 e. The van der Waals surface area contributed by atoms with E-state index in [0.29, 0.717) is 24.1 Å². The molecule has 27 heavy (non-hydrogen) atoms. The molecule has 1 saturated heterocycles. The number of hydrogen-bond acceptors (Lipinski definition) is 5. The number of benzene rings is 1. The standard InChI is InChI=1S/C19H24N6O2/c1-3-17(26)20-13-7-6-10-24(11-13)12-16-21-22-19-23(2)18(27)14-8-4-5-9-15(14)25(16)19/h4-5,8-9,13H,3,6-7,10-12H2,1-2H3,(H,20,26). The molecule has 1 aliphatic heterocycles. The highest BCUT2D eigenvalue weighted by Gasteiger charge is 2.23. The van der Waals surface area contributed by atoms with Gasteiger partial charge >= 0.3 is 0 Å². The molecule has 1 N–H and O–H groups in total. The Hall–Kier alpha value is -2.74. The van der Waals surface area contributed by atoms with Crippen LogP contribution in [-0.2, 0) is 18.4 Å². The molecule has 4 rings (SSSR count). The number of para-hydroxylation sites is 1. The Morgan fingerprint density at radius 2 is 2.11 bits per heavy atom. The first kappa shape index (κ1) is 17.7. The maximum Gasteiger partial charge on any atom is 0.262 e. The third kappa shape index (κ3) is 3.21. The van der Waals surface area contributed by atoms with Crippen LogP contribution in [0, 0.1) is 0 Å². The summed E-state index contributed by atoms with van der Waals surface area (Å²) in [6.07, 6.45) is 2.54. The molecule has 0 saturated carbocycles. The third-order valence-corrected chi connectivity index (χ3v) is 5.25. The van der Waals surface area contributed by atoms with E-state index in [-0.39, 0.29) is 17.5 Å². The van der Waals surface area contributed by atoms with Gasteiger partial charge in [-0.15, -0.1) is 10.2 Å². The first-order valence-corrected chi connectivity index (χ1v) is 9.42. The number of piperidine rings is 1. The Balaban J connectivity index is 1.67. The second-order valence-electron chi connectivity index (χ2n) is 7.13. The summed E-state index contributed by atoms with van der Waals surface area (Å²) in [5.41, 5.74) is 0.751. The molecule has 3 heterocycles. The summed E-state index contributed by atoms with van der Waals surface area (Å²) >= 11 is 0. The summed E-state index contributed by atoms with van der Waals surface area (Å²) in [4.78, 5) is 26.5. The Morgan fingerprint density at radius 1 is 1.30 bits per heavy atom. The van der Waals surface area contributed by atoms with E-state index in [9.17, 15) is 9.59 Å². The van der Waals surface area contributed by atoms with Crippen molar-refractivity contribution < 1.29 is 4.79 Å². The van der Waals surface area contributed by atoms with Crippen molar-refractivity contribution in [3.05, 3.63) is 40.4 Å². The van der Waals surface area contributed by atoms with E-state index in [4.69, 9.17) is 0 Å². The molecule has 2 aromatic heterocycles. The van der Waals surface area contributed by atoms with Crippen molar-refractivity contribution in [1.29, 1.82) is 0 Å². The SMILES string of the molecule is CCC(=O)NC1CCCN(Cc2nnc3n(C)c(=O)c4ccccc4n23)C1. The zero-order chi connectivity index (χ0) is 19.0. The van der Waals surface area contributed by atoms with Crippen LogP contribution in [0.5, 0.6) is 0 Å². The van der Waals surface area contributed by atoms with E-state index in [1.807, 2.05) is 35.6 Å². The molecule has 1 unspecified atom stereocenters. The Kier molecular flexibility index (Phi) is 4.65. The molecular weight excluding hydrogens is 344 g/mol. The first-order chi connectivity index (χ1) is 13.1. The van der Waals surface area contributed by atoms with Crippen LogP contribution in [0.15, 0.2) is 29.1 Å². The van der Waals surface area contributed by atoms with E-state index in [1.54, 1.807) is 11.6 Å². The maximum atomic E-state index is 12.5. The lowest BCUT2D eigenvalue weighted by atomic mass is 10.1. The number of nitrogens with one attached hydrogen (secondary N) is 1. The highest BCUT2D eigenvalue weighted by Crippen LogP contribution is 2.17. The van der Waals surface area contributed by atoms with Crippen LogP contribution in [-0.4, -0.2) is 49.1 Å². The van der Waals surface area contributed by atoms with Gasteiger partial charge in [0, 0.05) is 26.1 Å². The number of nitrogens with zero attached hydrogens (tertiary/aromatic N) is 5. The monoisotopic (exact) mass is 368 g/mol. The third-order valence-electron chi connectivity index (χ3n) is 5.25. The van der Waals surface area contributed by atoms with E-state index in [1.165, 1.54) is 0 Å². The minimum atomic E-state index is -0.0719. The van der Waals surface area contributed by atoms with Crippen molar-refractivity contribution in [3.8, 4) is 0 Å². The van der Waals surface area contributed by atoms with E-state index >= 15 is 0 Å². The zero-order valence-electron chi connectivity index (χ0n) is 15.7. The van der Waals surface area contributed by atoms with Gasteiger partial charge in [0.1, 0.15) is 0 Å². The van der Waals surface area contributed by atoms with Gasteiger partial charge in [-0.2, -0.15) is 0 Å². The van der Waals surface area contributed by atoms with Gasteiger partial charge in [-0.05, 0) is 31.5 Å². The highest BCUT2D eigenvalue weighted by atomic mass is 16.1. The molecule has 0 aliphatic carbocycles. The molecule has 1 aromatic carbocycles. The summed E-state index contributed by atoms with van der Waals surface area (Å²) in [5, 5.41) is 12.4. The van der Waals surface area contributed by atoms with Gasteiger partial charge in [-0.3, -0.25) is 23.5 Å². The second kappa shape index (κ2) is 7.11. The fraction of sp³-hybridized carbons (Fsp3) is 0.474. The Bertz CT molecular complexity index is 1050. The van der Waals surface area contributed by atoms with Crippen LogP contribution in [0.4, 0.5) is 0 Å². The zero-order valence-corrected chi connectivity index (χ0v) is 15.7. The number of aromatic nitrogens is 4. The number of amides is 1. The van der Waals surface area contributed by atoms with Crippen molar-refractivity contribution in [3.63, 3.8) is 0 Å². The number of hydrogen-bond donors (Lipinski definition) is 1. The van der Waals surface area contributed by atoms with Gasteiger partial charge in [0.15, 0.2) is 5.82 Å². The summed E-state index contributed by atoms with van der Waals surface area (Å²) in [5.74, 6) is 1.44. The van der Waals surface area contributed by atoms with Crippen LogP contribution < -0.4 is 10.9 Å². The molecule has 0 bridgehead atoms. The summed E-state index contributed by atoms with van der Waals surface area (Å²) in [6.45, 7) is 4.25. The molecule has 0 radical (unpaired) electrons. The molecule has 1 fully saturated rings. The molecule has 3 aromatic rings. The summed E-state index contributed by atoms with van der Waals surface area (Å²) in [7, 11) is 1.72. The smallest absolute Gasteiger partial charge is 0.262 e. The van der Waals surface area contributed by atoms with Crippen molar-refractivity contribution in [2.45, 2.75) is 38.8 Å². The van der Waals surface area contributed by atoms with Crippen molar-refractivity contribution in [2.24, 2.45) is 7.05 Å². The fourth-order valence-electron chi connectivity index (χ4n) is 3.84. The van der Waals surface area contributed by atoms with Crippen molar-refractivity contribution in [1.82, 2.24) is 29.4 Å². The predicted octanol–water partition coefficient (Wildman–Crippen LogP) is 1.07. The minimum absolute atomic E-state index is 0.0719. The van der Waals surface area contributed by atoms with E-state index < -0.39 is 0 Å². The molecule has 0 spiro atoms. The number of likely N-dealkylation sites (tertiary alicyclic amines) is 1. The number of carbonyl (C=O) groups is 1. The first-order valence-electron chi connectivity index (χ1n) is 9.42. The van der Waals surface area contributed by atoms with Crippen LogP contribution >= 0.6 is 0 Å². The quantitative estimate of drug-likeness (QED) is 0.745. The summed E-state index contributed by atoms with van der Waals surface area (Å²) in [6, 6.07) is 7.72. The molecule has 1 amide bonds. The number of aryl methyl sites for hydroxylation is 1. The second-order valence-corrected chi connectivity index (χ2v) is 7.13. The average molecular weight is 368 g/mol. The van der Waals surface area contributed by atoms with Gasteiger partial charge in [0.25, 0.3) is 5.56 Å². The lowest BCUT2D eigenvalue weighted by Gasteiger charge is -2.32. The fourth-order valence-corrected chi connectivity index (χ4v) is 3.84. The Labute approximate surface area is 156 Å². The van der Waals surface area contributed by atoms with Gasteiger partial charge in [-0.25, -0.2) is 0 Å². The topological polar surface area (TPSA) is 84.5 Å². The lowest BCUT2D eigenvalue weighted by Crippen LogP contribution is -2.47. The molecular formula is C19H24N6O2. The molecule has 8 nitrogen and oxygen atoms in total. The van der Waals surface area contributed by atoms with Crippen LogP contribution in [0.2, 0.25) is 0 Å². The van der Waals surface area contributed by atoms with Crippen molar-refractivity contribution in [2.75, 3.05) is 13.1 Å². The van der Waals surface area contributed by atoms with E-state index in [0.717, 1.165) is 37.3 Å². The molecule has 8 heteroatoms. The van der Waals surface area contributed by atoms with Crippen molar-refractivity contribution >= 4 is 22.6 Å².